The third-order valence-electron chi connectivity index (χ3n) is 3.20. The number of nitrogens with zero attached hydrogens (tertiary/aromatic N) is 2. The Morgan fingerprint density at radius 3 is 3.12 bits per heavy atom. The number of aromatic nitrogens is 1. The predicted molar refractivity (Wildman–Crippen MR) is 75.4 cm³/mol. The van der Waals surface area contributed by atoms with Crippen LogP contribution in [0.5, 0.6) is 0 Å². The topological polar surface area (TPSA) is 28.2 Å². The Kier molecular flexibility index (Phi) is 4.40. The molecule has 3 nitrogen and oxygen atoms in total. The molecule has 17 heavy (non-hydrogen) atoms. The fourth-order valence-electron chi connectivity index (χ4n) is 2.34. The van der Waals surface area contributed by atoms with Gasteiger partial charge < -0.3 is 10.2 Å². The molecule has 1 aliphatic rings. The lowest BCUT2D eigenvalue weighted by atomic mass is 10.2. The van der Waals surface area contributed by atoms with E-state index in [1.165, 1.54) is 18.5 Å². The summed E-state index contributed by atoms with van der Waals surface area (Å²) in [6.45, 7) is 6.60. The number of anilines is 1. The van der Waals surface area contributed by atoms with Crippen LogP contribution in [-0.2, 0) is 0 Å². The van der Waals surface area contributed by atoms with Crippen molar-refractivity contribution in [3.05, 3.63) is 22.9 Å². The van der Waals surface area contributed by atoms with Crippen LogP contribution in [0.25, 0.3) is 0 Å². The van der Waals surface area contributed by atoms with Gasteiger partial charge in [-0.1, -0.05) is 13.8 Å². The first-order valence-corrected chi connectivity index (χ1v) is 7.07. The quantitative estimate of drug-likeness (QED) is 0.926. The van der Waals surface area contributed by atoms with E-state index in [2.05, 4.69) is 51.0 Å². The molecule has 4 heteroatoms. The van der Waals surface area contributed by atoms with Crippen molar-refractivity contribution >= 4 is 21.6 Å². The van der Waals surface area contributed by atoms with Crippen molar-refractivity contribution < 1.29 is 0 Å². The zero-order valence-electron chi connectivity index (χ0n) is 10.5. The minimum atomic E-state index is 0.554. The average molecular weight is 298 g/mol. The van der Waals surface area contributed by atoms with E-state index in [0.29, 0.717) is 12.1 Å². The molecule has 1 saturated heterocycles. The first-order chi connectivity index (χ1) is 8.18. The van der Waals surface area contributed by atoms with Crippen LogP contribution in [0.4, 0.5) is 5.69 Å². The lowest BCUT2D eigenvalue weighted by Gasteiger charge is -2.28. The van der Waals surface area contributed by atoms with Crippen LogP contribution in [0, 0.1) is 0 Å². The molecule has 1 aromatic rings. The van der Waals surface area contributed by atoms with Crippen molar-refractivity contribution in [3.8, 4) is 0 Å². The zero-order chi connectivity index (χ0) is 12.3. The Morgan fingerprint density at radius 2 is 2.41 bits per heavy atom. The number of hydrogen-bond donors (Lipinski definition) is 1. The second kappa shape index (κ2) is 5.83. The maximum atomic E-state index is 4.13. The molecule has 0 amide bonds. The number of rotatable bonds is 4. The Hall–Kier alpha value is -0.610. The standard InChI is InChI=1S/C13H20BrN3/c1-10(2)16-8-11-4-3-7-17(11)13-5-6-15-9-12(13)14/h5-6,9-11,16H,3-4,7-8H2,1-2H3. The SMILES string of the molecule is CC(C)NCC1CCCN1c1ccncc1Br. The molecule has 1 aliphatic heterocycles. The second-order valence-corrected chi connectivity index (χ2v) is 5.73. The Morgan fingerprint density at radius 1 is 1.59 bits per heavy atom. The summed E-state index contributed by atoms with van der Waals surface area (Å²) < 4.78 is 1.09. The van der Waals surface area contributed by atoms with Gasteiger partial charge in [0.2, 0.25) is 0 Å². The molecule has 1 fully saturated rings. The molecule has 0 saturated carbocycles. The minimum absolute atomic E-state index is 0.554. The van der Waals surface area contributed by atoms with Crippen molar-refractivity contribution in [3.63, 3.8) is 0 Å². The molecule has 2 rings (SSSR count). The first-order valence-electron chi connectivity index (χ1n) is 6.28. The number of hydrogen-bond acceptors (Lipinski definition) is 3. The summed E-state index contributed by atoms with van der Waals surface area (Å²) in [6.07, 6.45) is 6.29. The molecule has 1 unspecified atom stereocenters. The first kappa shape index (κ1) is 12.8. The highest BCUT2D eigenvalue weighted by atomic mass is 79.9. The predicted octanol–water partition coefficient (Wildman–Crippen LogP) is 2.81. The fraction of sp³-hybridized carbons (Fsp3) is 0.615. The molecule has 1 atom stereocenters. The van der Waals surface area contributed by atoms with Crippen LogP contribution in [0.2, 0.25) is 0 Å². The molecule has 1 N–H and O–H groups in total. The molecular formula is C13H20BrN3. The summed E-state index contributed by atoms with van der Waals surface area (Å²) in [5.41, 5.74) is 1.27. The molecular weight excluding hydrogens is 278 g/mol. The van der Waals surface area contributed by atoms with Crippen LogP contribution in [0.3, 0.4) is 0 Å². The molecule has 0 aromatic carbocycles. The molecule has 1 aromatic heterocycles. The minimum Gasteiger partial charge on any atom is -0.366 e. The van der Waals surface area contributed by atoms with Gasteiger partial charge in [0, 0.05) is 37.6 Å². The molecule has 2 heterocycles. The van der Waals surface area contributed by atoms with Crippen LogP contribution in [-0.4, -0.2) is 30.2 Å². The Balaban J connectivity index is 2.07. The van der Waals surface area contributed by atoms with Gasteiger partial charge in [-0.2, -0.15) is 0 Å². The lowest BCUT2D eigenvalue weighted by Crippen LogP contribution is -2.40. The molecule has 0 bridgehead atoms. The van der Waals surface area contributed by atoms with Gasteiger partial charge in [0.15, 0.2) is 0 Å². The van der Waals surface area contributed by atoms with Gasteiger partial charge in [0.05, 0.1) is 10.2 Å². The highest BCUT2D eigenvalue weighted by Gasteiger charge is 2.25. The van der Waals surface area contributed by atoms with Crippen molar-refractivity contribution in [2.75, 3.05) is 18.0 Å². The summed E-state index contributed by atoms with van der Waals surface area (Å²) in [5, 5.41) is 3.53. The third-order valence-corrected chi connectivity index (χ3v) is 3.81. The second-order valence-electron chi connectivity index (χ2n) is 4.88. The summed E-state index contributed by atoms with van der Waals surface area (Å²) in [7, 11) is 0. The number of nitrogens with one attached hydrogen (secondary N) is 1. The van der Waals surface area contributed by atoms with Gasteiger partial charge in [-0.3, -0.25) is 4.98 Å². The number of pyridine rings is 1. The smallest absolute Gasteiger partial charge is 0.0592 e. The van der Waals surface area contributed by atoms with Crippen LogP contribution < -0.4 is 10.2 Å². The molecule has 0 radical (unpaired) electrons. The normalized spacial score (nSPS) is 20.2. The van der Waals surface area contributed by atoms with Gasteiger partial charge in [-0.15, -0.1) is 0 Å². The third kappa shape index (κ3) is 3.19. The highest BCUT2D eigenvalue weighted by Crippen LogP contribution is 2.30. The molecule has 94 valence electrons. The monoisotopic (exact) mass is 297 g/mol. The van der Waals surface area contributed by atoms with E-state index in [1.54, 1.807) is 0 Å². The summed E-state index contributed by atoms with van der Waals surface area (Å²) in [4.78, 5) is 6.61. The van der Waals surface area contributed by atoms with Gasteiger partial charge in [-0.25, -0.2) is 0 Å². The maximum Gasteiger partial charge on any atom is 0.0592 e. The van der Waals surface area contributed by atoms with Crippen molar-refractivity contribution in [2.45, 2.75) is 38.8 Å². The Labute approximate surface area is 112 Å². The highest BCUT2D eigenvalue weighted by molar-refractivity contribution is 9.10. The lowest BCUT2D eigenvalue weighted by molar-refractivity contribution is 0.523. The summed E-state index contributed by atoms with van der Waals surface area (Å²) in [5.74, 6) is 0. The van der Waals surface area contributed by atoms with E-state index >= 15 is 0 Å². The zero-order valence-corrected chi connectivity index (χ0v) is 12.1. The largest absolute Gasteiger partial charge is 0.366 e. The van der Waals surface area contributed by atoms with Gasteiger partial charge in [0.1, 0.15) is 0 Å². The van der Waals surface area contributed by atoms with Crippen molar-refractivity contribution in [1.29, 1.82) is 0 Å². The fourth-order valence-corrected chi connectivity index (χ4v) is 2.82. The summed E-state index contributed by atoms with van der Waals surface area (Å²) >= 11 is 3.59. The summed E-state index contributed by atoms with van der Waals surface area (Å²) in [6, 6.07) is 3.26. The van der Waals surface area contributed by atoms with E-state index in [4.69, 9.17) is 0 Å². The number of halogens is 1. The van der Waals surface area contributed by atoms with Crippen LogP contribution >= 0.6 is 15.9 Å². The van der Waals surface area contributed by atoms with E-state index in [0.717, 1.165) is 17.6 Å². The van der Waals surface area contributed by atoms with Gasteiger partial charge in [0.25, 0.3) is 0 Å². The van der Waals surface area contributed by atoms with Gasteiger partial charge >= 0.3 is 0 Å². The van der Waals surface area contributed by atoms with E-state index in [9.17, 15) is 0 Å². The van der Waals surface area contributed by atoms with Crippen LogP contribution in [0.15, 0.2) is 22.9 Å². The van der Waals surface area contributed by atoms with E-state index in [1.807, 2.05) is 12.4 Å². The van der Waals surface area contributed by atoms with Crippen molar-refractivity contribution in [2.24, 2.45) is 0 Å². The maximum absolute atomic E-state index is 4.13. The Bertz CT molecular complexity index is 367. The van der Waals surface area contributed by atoms with Crippen LogP contribution in [0.1, 0.15) is 26.7 Å². The molecule has 0 aliphatic carbocycles. The van der Waals surface area contributed by atoms with E-state index < -0.39 is 0 Å². The average Bonchev–Trinajstić information content (AvgIpc) is 2.75. The van der Waals surface area contributed by atoms with Gasteiger partial charge in [-0.05, 0) is 34.8 Å². The van der Waals surface area contributed by atoms with Crippen molar-refractivity contribution in [1.82, 2.24) is 10.3 Å². The molecule has 0 spiro atoms. The van der Waals surface area contributed by atoms with E-state index in [-0.39, 0.29) is 0 Å².